The van der Waals surface area contributed by atoms with E-state index in [0.717, 1.165) is 11.1 Å². The third-order valence-corrected chi connectivity index (χ3v) is 6.46. The van der Waals surface area contributed by atoms with Crippen LogP contribution in [0.25, 0.3) is 5.57 Å². The van der Waals surface area contributed by atoms with Crippen LogP contribution in [0.2, 0.25) is 0 Å². The van der Waals surface area contributed by atoms with Crippen LogP contribution < -0.4 is 5.32 Å². The smallest absolute Gasteiger partial charge is 0.281 e. The van der Waals surface area contributed by atoms with Gasteiger partial charge >= 0.3 is 0 Å². The average molecular weight is 471 g/mol. The molecule has 1 aliphatic rings. The van der Waals surface area contributed by atoms with Crippen LogP contribution in [-0.4, -0.2) is 27.5 Å². The molecule has 4 nitrogen and oxygen atoms in total. The lowest BCUT2D eigenvalue weighted by Crippen LogP contribution is -2.29. The van der Waals surface area contributed by atoms with Gasteiger partial charge < -0.3 is 10.4 Å². The van der Waals surface area contributed by atoms with Crippen LogP contribution in [0.5, 0.6) is 0 Å². The highest BCUT2D eigenvalue weighted by molar-refractivity contribution is 7.11. The van der Waals surface area contributed by atoms with Crippen molar-refractivity contribution < 1.29 is 9.90 Å². The molecule has 0 aliphatic heterocycles. The number of carbonyl (C=O) groups is 1. The SMILES string of the molecule is O=C(NC(c1ccccc1)c1ccccc1)c1nc(C2=CC(Cl)CC(O)C(Cl)=C2)cs1. The Hall–Kier alpha value is -2.44. The fourth-order valence-electron chi connectivity index (χ4n) is 3.39. The van der Waals surface area contributed by atoms with Crippen molar-refractivity contribution in [2.45, 2.75) is 23.9 Å². The molecule has 0 bridgehead atoms. The molecule has 0 fully saturated rings. The van der Waals surface area contributed by atoms with E-state index in [2.05, 4.69) is 10.3 Å². The molecule has 4 rings (SSSR count). The molecule has 0 saturated carbocycles. The van der Waals surface area contributed by atoms with Gasteiger partial charge in [0.15, 0.2) is 5.01 Å². The summed E-state index contributed by atoms with van der Waals surface area (Å²) in [6.07, 6.45) is 2.97. The first-order valence-corrected chi connectivity index (χ1v) is 11.5. The second kappa shape index (κ2) is 9.79. The summed E-state index contributed by atoms with van der Waals surface area (Å²) in [5.74, 6) is -0.263. The van der Waals surface area contributed by atoms with Gasteiger partial charge in [0.25, 0.3) is 5.91 Å². The maximum atomic E-state index is 13.1. The molecule has 3 aromatic rings. The molecule has 31 heavy (non-hydrogen) atoms. The van der Waals surface area contributed by atoms with E-state index in [1.807, 2.05) is 60.7 Å². The zero-order valence-electron chi connectivity index (χ0n) is 16.4. The summed E-state index contributed by atoms with van der Waals surface area (Å²) >= 11 is 13.7. The summed E-state index contributed by atoms with van der Waals surface area (Å²) in [5, 5.41) is 15.2. The first kappa shape index (κ1) is 21.8. The molecule has 2 unspecified atom stereocenters. The van der Waals surface area contributed by atoms with Crippen LogP contribution in [-0.2, 0) is 0 Å². The first-order chi connectivity index (χ1) is 15.0. The molecule has 2 aromatic carbocycles. The summed E-state index contributed by atoms with van der Waals surface area (Å²) < 4.78 is 0. The lowest BCUT2D eigenvalue weighted by Gasteiger charge is -2.19. The molecule has 2 atom stereocenters. The van der Waals surface area contributed by atoms with Crippen molar-refractivity contribution in [3.63, 3.8) is 0 Å². The Morgan fingerprint density at radius 1 is 1.10 bits per heavy atom. The van der Waals surface area contributed by atoms with E-state index in [4.69, 9.17) is 23.2 Å². The summed E-state index contributed by atoms with van der Waals surface area (Å²) in [5.41, 5.74) is 3.27. The number of aliphatic hydroxyl groups is 1. The third kappa shape index (κ3) is 5.25. The fourth-order valence-corrected chi connectivity index (χ4v) is 4.63. The van der Waals surface area contributed by atoms with Crippen LogP contribution in [0.1, 0.15) is 39.1 Å². The van der Waals surface area contributed by atoms with Gasteiger partial charge in [0.1, 0.15) is 0 Å². The summed E-state index contributed by atoms with van der Waals surface area (Å²) in [6.45, 7) is 0. The van der Waals surface area contributed by atoms with Crippen LogP contribution >= 0.6 is 34.5 Å². The highest BCUT2D eigenvalue weighted by Gasteiger charge is 2.22. The summed E-state index contributed by atoms with van der Waals surface area (Å²) in [4.78, 5) is 17.6. The highest BCUT2D eigenvalue weighted by atomic mass is 35.5. The Kier molecular flexibility index (Phi) is 6.88. The Labute approximate surface area is 194 Å². The number of amides is 1. The molecular formula is C24H20Cl2N2O2S. The zero-order chi connectivity index (χ0) is 21.8. The minimum atomic E-state index is -0.808. The number of aromatic nitrogens is 1. The number of hydrogen-bond acceptors (Lipinski definition) is 4. The molecule has 0 radical (unpaired) electrons. The van der Waals surface area contributed by atoms with E-state index >= 15 is 0 Å². The quantitative estimate of drug-likeness (QED) is 0.481. The number of carbonyl (C=O) groups excluding carboxylic acids is 1. The molecule has 1 aliphatic carbocycles. The van der Waals surface area contributed by atoms with E-state index in [-0.39, 0.29) is 17.3 Å². The molecule has 1 aromatic heterocycles. The van der Waals surface area contributed by atoms with Crippen molar-refractivity contribution in [1.29, 1.82) is 0 Å². The molecule has 158 valence electrons. The lowest BCUT2D eigenvalue weighted by atomic mass is 9.99. The van der Waals surface area contributed by atoms with E-state index in [1.54, 1.807) is 17.5 Å². The van der Waals surface area contributed by atoms with Gasteiger partial charge in [-0.1, -0.05) is 78.3 Å². The van der Waals surface area contributed by atoms with Crippen molar-refractivity contribution >= 4 is 46.0 Å². The molecule has 2 N–H and O–H groups in total. The predicted octanol–water partition coefficient (Wildman–Crippen LogP) is 5.54. The maximum absolute atomic E-state index is 13.1. The minimum absolute atomic E-state index is 0.263. The average Bonchev–Trinajstić information content (AvgIpc) is 3.24. The Morgan fingerprint density at radius 2 is 1.71 bits per heavy atom. The number of hydrogen-bond donors (Lipinski definition) is 2. The Bertz CT molecular complexity index is 1070. The molecule has 0 spiro atoms. The van der Waals surface area contributed by atoms with Crippen molar-refractivity contribution in [1.82, 2.24) is 10.3 Å². The number of allylic oxidation sites excluding steroid dienone is 3. The number of benzene rings is 2. The Balaban J connectivity index is 1.59. The van der Waals surface area contributed by atoms with Crippen LogP contribution in [0.4, 0.5) is 0 Å². The molecule has 1 amide bonds. The largest absolute Gasteiger partial charge is 0.387 e. The molecular weight excluding hydrogens is 451 g/mol. The predicted molar refractivity (Wildman–Crippen MR) is 126 cm³/mol. The zero-order valence-corrected chi connectivity index (χ0v) is 18.7. The minimum Gasteiger partial charge on any atom is -0.387 e. The van der Waals surface area contributed by atoms with E-state index < -0.39 is 6.10 Å². The van der Waals surface area contributed by atoms with Gasteiger partial charge in [-0.2, -0.15) is 0 Å². The number of rotatable bonds is 5. The number of aliphatic hydroxyl groups excluding tert-OH is 1. The van der Waals surface area contributed by atoms with Gasteiger partial charge in [-0.15, -0.1) is 22.9 Å². The van der Waals surface area contributed by atoms with E-state index in [0.29, 0.717) is 27.7 Å². The van der Waals surface area contributed by atoms with Crippen molar-refractivity contribution in [3.8, 4) is 0 Å². The van der Waals surface area contributed by atoms with Gasteiger partial charge in [-0.05, 0) is 29.2 Å². The highest BCUT2D eigenvalue weighted by Crippen LogP contribution is 2.30. The number of alkyl halides is 1. The topological polar surface area (TPSA) is 62.2 Å². The normalized spacial score (nSPS) is 18.8. The van der Waals surface area contributed by atoms with Crippen LogP contribution in [0.3, 0.4) is 0 Å². The monoisotopic (exact) mass is 470 g/mol. The van der Waals surface area contributed by atoms with Gasteiger partial charge in [-0.25, -0.2) is 4.98 Å². The molecule has 7 heteroatoms. The van der Waals surface area contributed by atoms with Gasteiger partial charge in [-0.3, -0.25) is 4.79 Å². The number of nitrogens with zero attached hydrogens (tertiary/aromatic N) is 1. The lowest BCUT2D eigenvalue weighted by molar-refractivity contribution is 0.0942. The summed E-state index contributed by atoms with van der Waals surface area (Å²) in [6, 6.07) is 19.3. The maximum Gasteiger partial charge on any atom is 0.281 e. The summed E-state index contributed by atoms with van der Waals surface area (Å²) in [7, 11) is 0. The fraction of sp³-hybridized carbons (Fsp3) is 0.167. The second-order valence-corrected chi connectivity index (χ2v) is 9.04. The van der Waals surface area contributed by atoms with Crippen LogP contribution in [0, 0.1) is 0 Å². The van der Waals surface area contributed by atoms with Crippen molar-refractivity contribution in [2.24, 2.45) is 0 Å². The standard InChI is InChI=1S/C24H20Cl2N2O2S/c25-18-11-17(12-19(26)21(29)13-18)20-14-31-24(27-20)23(30)28-22(15-7-3-1-4-8-15)16-9-5-2-6-10-16/h1-12,14,18,21-22,29H,13H2,(H,28,30). The van der Waals surface area contributed by atoms with Gasteiger partial charge in [0.05, 0.1) is 23.2 Å². The number of halogens is 2. The second-order valence-electron chi connectivity index (χ2n) is 7.18. The van der Waals surface area contributed by atoms with Gasteiger partial charge in [0, 0.05) is 10.4 Å². The van der Waals surface area contributed by atoms with Crippen molar-refractivity contribution in [2.75, 3.05) is 0 Å². The van der Waals surface area contributed by atoms with E-state index in [9.17, 15) is 9.90 Å². The third-order valence-electron chi connectivity index (χ3n) is 4.96. The first-order valence-electron chi connectivity index (χ1n) is 9.79. The van der Waals surface area contributed by atoms with E-state index in [1.165, 1.54) is 11.3 Å². The van der Waals surface area contributed by atoms with Crippen molar-refractivity contribution in [3.05, 3.63) is 105 Å². The number of thiazole rings is 1. The molecule has 1 heterocycles. The van der Waals surface area contributed by atoms with Gasteiger partial charge in [0.2, 0.25) is 0 Å². The number of nitrogens with one attached hydrogen (secondary N) is 1. The molecule has 0 saturated heterocycles. The van der Waals surface area contributed by atoms with Crippen LogP contribution in [0.15, 0.2) is 83.2 Å². The Morgan fingerprint density at radius 3 is 2.32 bits per heavy atom.